The number of imidazole rings is 1. The lowest BCUT2D eigenvalue weighted by atomic mass is 10.2. The number of halogens is 1. The molecule has 0 spiro atoms. The molecule has 0 fully saturated rings. The zero-order chi connectivity index (χ0) is 12.7. The summed E-state index contributed by atoms with van der Waals surface area (Å²) >= 11 is 6.13. The summed E-state index contributed by atoms with van der Waals surface area (Å²) in [6.07, 6.45) is 0. The molecular formula is C13H10ClN3O. The van der Waals surface area contributed by atoms with Gasteiger partial charge in [-0.2, -0.15) is 0 Å². The van der Waals surface area contributed by atoms with Crippen LogP contribution in [-0.4, -0.2) is 14.7 Å². The third-order valence-corrected chi connectivity index (χ3v) is 3.08. The number of phenols is 1. The number of nitrogen functional groups attached to an aromatic ring is 1. The van der Waals surface area contributed by atoms with Crippen molar-refractivity contribution in [3.05, 3.63) is 47.5 Å². The Morgan fingerprint density at radius 2 is 1.89 bits per heavy atom. The first-order valence-corrected chi connectivity index (χ1v) is 5.77. The van der Waals surface area contributed by atoms with Gasteiger partial charge in [0.05, 0.1) is 16.1 Å². The monoisotopic (exact) mass is 259 g/mol. The number of hydrogen-bond acceptors (Lipinski definition) is 3. The number of nitrogens with zero attached hydrogens (tertiary/aromatic N) is 2. The van der Waals surface area contributed by atoms with Gasteiger partial charge in [-0.25, -0.2) is 4.98 Å². The van der Waals surface area contributed by atoms with Crippen LogP contribution in [0.4, 0.5) is 5.95 Å². The highest BCUT2D eigenvalue weighted by Gasteiger charge is 2.15. The van der Waals surface area contributed by atoms with E-state index >= 15 is 0 Å². The van der Waals surface area contributed by atoms with Gasteiger partial charge < -0.3 is 10.8 Å². The molecule has 0 aliphatic rings. The van der Waals surface area contributed by atoms with Crippen molar-refractivity contribution < 1.29 is 5.11 Å². The molecule has 2 aromatic carbocycles. The van der Waals surface area contributed by atoms with Crippen molar-refractivity contribution in [2.24, 2.45) is 0 Å². The van der Waals surface area contributed by atoms with Gasteiger partial charge >= 0.3 is 0 Å². The van der Waals surface area contributed by atoms with Gasteiger partial charge in [0, 0.05) is 0 Å². The molecule has 5 heteroatoms. The minimum atomic E-state index is 0.0670. The number of para-hydroxylation sites is 3. The molecule has 0 amide bonds. The fourth-order valence-corrected chi connectivity index (χ4v) is 2.26. The lowest BCUT2D eigenvalue weighted by Crippen LogP contribution is -2.01. The smallest absolute Gasteiger partial charge is 0.206 e. The number of fused-ring (bicyclic) bond motifs is 1. The van der Waals surface area contributed by atoms with Crippen molar-refractivity contribution in [2.75, 3.05) is 5.73 Å². The third kappa shape index (κ3) is 1.50. The molecule has 0 radical (unpaired) electrons. The minimum Gasteiger partial charge on any atom is -0.506 e. The fourth-order valence-electron chi connectivity index (χ4n) is 2.00. The maximum absolute atomic E-state index is 9.96. The first kappa shape index (κ1) is 10.9. The van der Waals surface area contributed by atoms with E-state index in [-0.39, 0.29) is 5.75 Å². The molecule has 0 bridgehead atoms. The number of anilines is 1. The Kier molecular flexibility index (Phi) is 2.38. The average molecular weight is 260 g/mol. The summed E-state index contributed by atoms with van der Waals surface area (Å²) in [6.45, 7) is 0. The van der Waals surface area contributed by atoms with Gasteiger partial charge in [0.25, 0.3) is 0 Å². The predicted molar refractivity (Wildman–Crippen MR) is 72.2 cm³/mol. The van der Waals surface area contributed by atoms with Crippen LogP contribution in [0.2, 0.25) is 5.02 Å². The molecule has 0 saturated heterocycles. The first-order chi connectivity index (χ1) is 8.68. The highest BCUT2D eigenvalue weighted by Crippen LogP contribution is 2.33. The van der Waals surface area contributed by atoms with E-state index in [1.165, 1.54) is 0 Å². The zero-order valence-electron chi connectivity index (χ0n) is 9.34. The first-order valence-electron chi connectivity index (χ1n) is 5.39. The standard InChI is InChI=1S/C13H10ClN3O/c14-8-4-3-7-11(18)12(8)17-10-6-2-1-5-9(10)16-13(17)15/h1-7,18H,(H2,15,16). The lowest BCUT2D eigenvalue weighted by molar-refractivity contribution is 0.473. The van der Waals surface area contributed by atoms with E-state index in [1.54, 1.807) is 22.8 Å². The summed E-state index contributed by atoms with van der Waals surface area (Å²) in [5.74, 6) is 0.358. The second-order valence-corrected chi connectivity index (χ2v) is 4.31. The third-order valence-electron chi connectivity index (χ3n) is 2.78. The maximum atomic E-state index is 9.96. The van der Waals surface area contributed by atoms with Crippen molar-refractivity contribution in [1.82, 2.24) is 9.55 Å². The van der Waals surface area contributed by atoms with Gasteiger partial charge in [0.2, 0.25) is 5.95 Å². The Morgan fingerprint density at radius 3 is 2.67 bits per heavy atom. The number of aromatic hydroxyl groups is 1. The largest absolute Gasteiger partial charge is 0.506 e. The SMILES string of the molecule is Nc1nc2ccccc2n1-c1c(O)cccc1Cl. The lowest BCUT2D eigenvalue weighted by Gasteiger charge is -2.10. The highest BCUT2D eigenvalue weighted by atomic mass is 35.5. The quantitative estimate of drug-likeness (QED) is 0.706. The molecule has 3 N–H and O–H groups in total. The summed E-state index contributed by atoms with van der Waals surface area (Å²) in [7, 11) is 0. The number of nitrogens with two attached hydrogens (primary N) is 1. The van der Waals surface area contributed by atoms with Crippen LogP contribution >= 0.6 is 11.6 Å². The molecule has 90 valence electrons. The van der Waals surface area contributed by atoms with Crippen LogP contribution in [0.25, 0.3) is 16.7 Å². The van der Waals surface area contributed by atoms with E-state index in [1.807, 2.05) is 24.3 Å². The van der Waals surface area contributed by atoms with Crippen LogP contribution in [0.15, 0.2) is 42.5 Å². The molecule has 1 heterocycles. The van der Waals surface area contributed by atoms with Crippen LogP contribution in [0.3, 0.4) is 0 Å². The number of benzene rings is 2. The number of aromatic nitrogens is 2. The molecule has 0 unspecified atom stereocenters. The predicted octanol–water partition coefficient (Wildman–Crippen LogP) is 2.97. The van der Waals surface area contributed by atoms with Crippen LogP contribution in [0.5, 0.6) is 5.75 Å². The Labute approximate surface area is 108 Å². The summed E-state index contributed by atoms with van der Waals surface area (Å²) in [5, 5.41) is 10.4. The number of hydrogen-bond donors (Lipinski definition) is 2. The van der Waals surface area contributed by atoms with Crippen LogP contribution < -0.4 is 5.73 Å². The average Bonchev–Trinajstić information content (AvgIpc) is 2.66. The zero-order valence-corrected chi connectivity index (χ0v) is 10.1. The van der Waals surface area contributed by atoms with Crippen molar-refractivity contribution in [3.63, 3.8) is 0 Å². The Bertz CT molecular complexity index is 716. The van der Waals surface area contributed by atoms with Crippen molar-refractivity contribution >= 4 is 28.6 Å². The van der Waals surface area contributed by atoms with Crippen LogP contribution in [0.1, 0.15) is 0 Å². The second kappa shape index (κ2) is 3.92. The molecule has 3 rings (SSSR count). The van der Waals surface area contributed by atoms with Gasteiger partial charge in [-0.05, 0) is 24.3 Å². The van der Waals surface area contributed by atoms with Crippen molar-refractivity contribution in [2.45, 2.75) is 0 Å². The maximum Gasteiger partial charge on any atom is 0.206 e. The van der Waals surface area contributed by atoms with E-state index in [4.69, 9.17) is 17.3 Å². The van der Waals surface area contributed by atoms with E-state index in [9.17, 15) is 5.11 Å². The number of rotatable bonds is 1. The molecule has 18 heavy (non-hydrogen) atoms. The van der Waals surface area contributed by atoms with Gasteiger partial charge in [-0.15, -0.1) is 0 Å². The minimum absolute atomic E-state index is 0.0670. The highest BCUT2D eigenvalue weighted by molar-refractivity contribution is 6.32. The normalized spacial score (nSPS) is 10.9. The van der Waals surface area contributed by atoms with Crippen molar-refractivity contribution in [3.8, 4) is 11.4 Å². The van der Waals surface area contributed by atoms with Crippen LogP contribution in [0, 0.1) is 0 Å². The molecule has 0 atom stereocenters. The Morgan fingerprint density at radius 1 is 1.11 bits per heavy atom. The summed E-state index contributed by atoms with van der Waals surface area (Å²) < 4.78 is 1.65. The van der Waals surface area contributed by atoms with Crippen molar-refractivity contribution in [1.29, 1.82) is 0 Å². The summed E-state index contributed by atoms with van der Waals surface area (Å²) in [6, 6.07) is 12.4. The Balaban J connectivity index is 2.42. The summed E-state index contributed by atoms with van der Waals surface area (Å²) in [4.78, 5) is 4.24. The van der Waals surface area contributed by atoms with Gasteiger partial charge in [0.1, 0.15) is 11.4 Å². The molecule has 1 aromatic heterocycles. The fraction of sp³-hybridized carbons (Fsp3) is 0. The molecule has 0 aliphatic heterocycles. The summed E-state index contributed by atoms with van der Waals surface area (Å²) in [5.41, 5.74) is 7.92. The molecule has 0 aliphatic carbocycles. The molecular weight excluding hydrogens is 250 g/mol. The van der Waals surface area contributed by atoms with Gasteiger partial charge in [-0.1, -0.05) is 29.8 Å². The second-order valence-electron chi connectivity index (χ2n) is 3.90. The Hall–Kier alpha value is -2.20. The molecule has 0 saturated carbocycles. The van der Waals surface area contributed by atoms with E-state index < -0.39 is 0 Å². The van der Waals surface area contributed by atoms with E-state index in [2.05, 4.69) is 4.98 Å². The topological polar surface area (TPSA) is 64.1 Å². The number of phenolic OH excluding ortho intramolecular Hbond substituents is 1. The van der Waals surface area contributed by atoms with Gasteiger partial charge in [-0.3, -0.25) is 4.57 Å². The molecule has 3 aromatic rings. The van der Waals surface area contributed by atoms with E-state index in [0.29, 0.717) is 16.7 Å². The molecule has 4 nitrogen and oxygen atoms in total. The van der Waals surface area contributed by atoms with Gasteiger partial charge in [0.15, 0.2) is 0 Å². The van der Waals surface area contributed by atoms with Crippen LogP contribution in [-0.2, 0) is 0 Å². The van der Waals surface area contributed by atoms with E-state index in [0.717, 1.165) is 11.0 Å².